The Morgan fingerprint density at radius 2 is 1.73 bits per heavy atom. The van der Waals surface area contributed by atoms with E-state index in [1.165, 1.54) is 0 Å². The highest BCUT2D eigenvalue weighted by molar-refractivity contribution is 9.10. The second-order valence-electron chi connectivity index (χ2n) is 6.61. The summed E-state index contributed by atoms with van der Waals surface area (Å²) in [6, 6.07) is 20.8. The number of nitrogens with one attached hydrogen (secondary N) is 1. The lowest BCUT2D eigenvalue weighted by Crippen LogP contribution is -2.23. The second-order valence-corrected chi connectivity index (χ2v) is 7.53. The Bertz CT molecular complexity index is 1110. The molecule has 6 nitrogen and oxygen atoms in total. The first-order valence-corrected chi connectivity index (χ1v) is 10.2. The number of benzene rings is 2. The van der Waals surface area contributed by atoms with Crippen molar-refractivity contribution in [3.05, 3.63) is 106 Å². The van der Waals surface area contributed by atoms with Crippen LogP contribution in [-0.2, 0) is 13.1 Å². The van der Waals surface area contributed by atoms with Crippen LogP contribution in [-0.4, -0.2) is 20.7 Å². The van der Waals surface area contributed by atoms with E-state index in [1.54, 1.807) is 24.5 Å². The zero-order valence-electron chi connectivity index (χ0n) is 16.0. The van der Waals surface area contributed by atoms with Crippen molar-refractivity contribution in [2.24, 2.45) is 0 Å². The number of carbonyl (C=O) groups excluding carboxylic acids is 1. The maximum Gasteiger partial charge on any atom is 0.257 e. The quantitative estimate of drug-likeness (QED) is 0.427. The first-order chi connectivity index (χ1) is 14.7. The molecule has 0 radical (unpaired) electrons. The molecule has 0 saturated heterocycles. The molecule has 1 N–H and O–H groups in total. The van der Waals surface area contributed by atoms with Crippen LogP contribution in [0.25, 0.3) is 0 Å². The van der Waals surface area contributed by atoms with Gasteiger partial charge in [-0.25, -0.2) is 4.98 Å². The molecule has 0 aliphatic carbocycles. The molecule has 2 aromatic heterocycles. The summed E-state index contributed by atoms with van der Waals surface area (Å²) in [5.41, 5.74) is 2.54. The topological polar surface area (TPSA) is 69.0 Å². The lowest BCUT2D eigenvalue weighted by atomic mass is 10.1. The minimum Gasteiger partial charge on any atom is -0.438 e. The van der Waals surface area contributed by atoms with Crippen LogP contribution in [0.4, 0.5) is 0 Å². The molecule has 30 heavy (non-hydrogen) atoms. The van der Waals surface area contributed by atoms with E-state index >= 15 is 0 Å². The average molecular weight is 463 g/mol. The average Bonchev–Trinajstić information content (AvgIpc) is 3.28. The number of amides is 1. The predicted molar refractivity (Wildman–Crippen MR) is 117 cm³/mol. The molecule has 4 rings (SSSR count). The zero-order chi connectivity index (χ0) is 20.8. The van der Waals surface area contributed by atoms with E-state index in [2.05, 4.69) is 31.3 Å². The normalized spacial score (nSPS) is 10.6. The third kappa shape index (κ3) is 5.12. The third-order valence-corrected chi connectivity index (χ3v) is 4.95. The van der Waals surface area contributed by atoms with Crippen LogP contribution in [0.3, 0.4) is 0 Å². The van der Waals surface area contributed by atoms with Crippen molar-refractivity contribution in [2.75, 3.05) is 0 Å². The summed E-state index contributed by atoms with van der Waals surface area (Å²) in [5.74, 6) is 0.640. The van der Waals surface area contributed by atoms with E-state index in [0.29, 0.717) is 24.4 Å². The van der Waals surface area contributed by atoms with Crippen molar-refractivity contribution in [1.29, 1.82) is 0 Å². The van der Waals surface area contributed by atoms with Crippen molar-refractivity contribution in [1.82, 2.24) is 20.1 Å². The summed E-state index contributed by atoms with van der Waals surface area (Å²) < 4.78 is 8.62. The Labute approximate surface area is 182 Å². The van der Waals surface area contributed by atoms with E-state index < -0.39 is 0 Å². The number of aromatic nitrogens is 3. The Morgan fingerprint density at radius 3 is 2.47 bits per heavy atom. The van der Waals surface area contributed by atoms with Crippen LogP contribution in [0.2, 0.25) is 0 Å². The van der Waals surface area contributed by atoms with Crippen molar-refractivity contribution in [3.8, 4) is 11.6 Å². The lowest BCUT2D eigenvalue weighted by Gasteiger charge is -2.11. The fourth-order valence-corrected chi connectivity index (χ4v) is 3.14. The monoisotopic (exact) mass is 462 g/mol. The molecule has 0 atom stereocenters. The Morgan fingerprint density at radius 1 is 0.967 bits per heavy atom. The molecular weight excluding hydrogens is 444 g/mol. The van der Waals surface area contributed by atoms with E-state index in [-0.39, 0.29) is 11.8 Å². The van der Waals surface area contributed by atoms with Gasteiger partial charge in [0.1, 0.15) is 11.3 Å². The van der Waals surface area contributed by atoms with Gasteiger partial charge in [0.05, 0.1) is 6.54 Å². The number of halogens is 1. The maximum atomic E-state index is 12.7. The third-order valence-electron chi connectivity index (χ3n) is 4.42. The molecule has 2 aromatic carbocycles. The van der Waals surface area contributed by atoms with Crippen LogP contribution >= 0.6 is 15.9 Å². The Kier molecular flexibility index (Phi) is 6.20. The number of hydrogen-bond donors (Lipinski definition) is 1. The molecule has 0 aliphatic rings. The van der Waals surface area contributed by atoms with Gasteiger partial charge >= 0.3 is 0 Å². The molecule has 0 bridgehead atoms. The van der Waals surface area contributed by atoms with Gasteiger partial charge in [-0.05, 0) is 53.6 Å². The van der Waals surface area contributed by atoms with E-state index in [4.69, 9.17) is 4.74 Å². The van der Waals surface area contributed by atoms with Gasteiger partial charge in [0, 0.05) is 29.6 Å². The van der Waals surface area contributed by atoms with Gasteiger partial charge in [-0.3, -0.25) is 9.48 Å². The Hall–Kier alpha value is -3.45. The summed E-state index contributed by atoms with van der Waals surface area (Å²) in [6.07, 6.45) is 5.29. The van der Waals surface area contributed by atoms with Crippen LogP contribution in [0.15, 0.2) is 89.8 Å². The SMILES string of the molecule is O=C(NCc1ccc(Cn2cccn2)cc1)c1cccnc1Oc1ccc(Br)cc1. The minimum absolute atomic E-state index is 0.240. The van der Waals surface area contributed by atoms with Crippen LogP contribution in [0.5, 0.6) is 11.6 Å². The number of rotatable bonds is 7. The molecule has 4 aromatic rings. The zero-order valence-corrected chi connectivity index (χ0v) is 17.6. The van der Waals surface area contributed by atoms with Crippen molar-refractivity contribution in [2.45, 2.75) is 13.1 Å². The largest absolute Gasteiger partial charge is 0.438 e. The lowest BCUT2D eigenvalue weighted by molar-refractivity contribution is 0.0948. The maximum absolute atomic E-state index is 12.7. The highest BCUT2D eigenvalue weighted by atomic mass is 79.9. The molecule has 2 heterocycles. The van der Waals surface area contributed by atoms with E-state index in [9.17, 15) is 4.79 Å². The van der Waals surface area contributed by atoms with Gasteiger partial charge < -0.3 is 10.1 Å². The molecule has 1 amide bonds. The predicted octanol–water partition coefficient (Wildman–Crippen LogP) is 4.81. The number of hydrogen-bond acceptors (Lipinski definition) is 4. The van der Waals surface area contributed by atoms with Gasteiger partial charge in [0.25, 0.3) is 5.91 Å². The van der Waals surface area contributed by atoms with Gasteiger partial charge in [-0.15, -0.1) is 0 Å². The second kappa shape index (κ2) is 9.37. The van der Waals surface area contributed by atoms with Gasteiger partial charge in [-0.1, -0.05) is 40.2 Å². The number of ether oxygens (including phenoxy) is 1. The smallest absolute Gasteiger partial charge is 0.257 e. The minimum atomic E-state index is -0.240. The first kappa shape index (κ1) is 19.8. The summed E-state index contributed by atoms with van der Waals surface area (Å²) in [5, 5.41) is 7.14. The molecular formula is C23H19BrN4O2. The van der Waals surface area contributed by atoms with E-state index in [0.717, 1.165) is 15.6 Å². The fourth-order valence-electron chi connectivity index (χ4n) is 2.88. The van der Waals surface area contributed by atoms with Gasteiger partial charge in [0.2, 0.25) is 5.88 Å². The van der Waals surface area contributed by atoms with Gasteiger partial charge in [0.15, 0.2) is 0 Å². The molecule has 0 saturated carbocycles. The molecule has 0 unspecified atom stereocenters. The molecule has 7 heteroatoms. The van der Waals surface area contributed by atoms with Crippen LogP contribution < -0.4 is 10.1 Å². The summed E-state index contributed by atoms with van der Waals surface area (Å²) in [6.45, 7) is 1.12. The summed E-state index contributed by atoms with van der Waals surface area (Å²) in [4.78, 5) is 16.9. The Balaban J connectivity index is 1.38. The number of pyridine rings is 1. The fraction of sp³-hybridized carbons (Fsp3) is 0.0870. The molecule has 0 spiro atoms. The highest BCUT2D eigenvalue weighted by Gasteiger charge is 2.14. The molecule has 0 fully saturated rings. The summed E-state index contributed by atoms with van der Waals surface area (Å²) in [7, 11) is 0. The van der Waals surface area contributed by atoms with Gasteiger partial charge in [-0.2, -0.15) is 5.10 Å². The van der Waals surface area contributed by atoms with Crippen LogP contribution in [0.1, 0.15) is 21.5 Å². The van der Waals surface area contributed by atoms with Crippen LogP contribution in [0, 0.1) is 0 Å². The number of nitrogens with zero attached hydrogens (tertiary/aromatic N) is 3. The van der Waals surface area contributed by atoms with Crippen molar-refractivity contribution in [3.63, 3.8) is 0 Å². The molecule has 0 aliphatic heterocycles. The summed E-state index contributed by atoms with van der Waals surface area (Å²) >= 11 is 3.39. The first-order valence-electron chi connectivity index (χ1n) is 9.39. The van der Waals surface area contributed by atoms with E-state index in [1.807, 2.05) is 65.5 Å². The van der Waals surface area contributed by atoms with Crippen molar-refractivity contribution < 1.29 is 9.53 Å². The standard InChI is InChI=1S/C23H19BrN4O2/c24-19-8-10-20(11-9-19)30-23-21(3-1-12-25-23)22(29)26-15-17-4-6-18(7-5-17)16-28-14-2-13-27-28/h1-14H,15-16H2,(H,26,29). The highest BCUT2D eigenvalue weighted by Crippen LogP contribution is 2.24. The number of carbonyl (C=O) groups is 1. The van der Waals surface area contributed by atoms with Crippen molar-refractivity contribution >= 4 is 21.8 Å². The molecule has 150 valence electrons.